The molecule has 0 bridgehead atoms. The molecule has 16 heavy (non-hydrogen) atoms. The highest BCUT2D eigenvalue weighted by Crippen LogP contribution is 2.18. The number of amides is 1. The number of aliphatic carboxylic acids is 1. The van der Waals surface area contributed by atoms with E-state index in [0.29, 0.717) is 18.8 Å². The first-order valence-electron chi connectivity index (χ1n) is 5.35. The van der Waals surface area contributed by atoms with Crippen molar-refractivity contribution in [2.24, 2.45) is 0 Å². The third-order valence-electron chi connectivity index (χ3n) is 2.56. The van der Waals surface area contributed by atoms with E-state index in [0.717, 1.165) is 19.4 Å². The van der Waals surface area contributed by atoms with Crippen molar-refractivity contribution in [3.05, 3.63) is 0 Å². The average Bonchev–Trinajstić information content (AvgIpc) is 2.66. The molecule has 0 aliphatic carbocycles. The van der Waals surface area contributed by atoms with E-state index in [1.807, 2.05) is 0 Å². The molecule has 1 saturated heterocycles. The number of carboxylic acids is 1. The minimum Gasteiger partial charge on any atom is -0.480 e. The molecular formula is C10H17NO4S. The van der Waals surface area contributed by atoms with Gasteiger partial charge in [0.1, 0.15) is 6.61 Å². The van der Waals surface area contributed by atoms with Gasteiger partial charge in [0.15, 0.2) is 0 Å². The number of carboxylic acid groups (broad SMARTS) is 1. The van der Waals surface area contributed by atoms with Crippen LogP contribution >= 0.6 is 12.6 Å². The van der Waals surface area contributed by atoms with E-state index in [4.69, 9.17) is 9.84 Å². The number of rotatable bonds is 6. The molecule has 1 aliphatic rings. The van der Waals surface area contributed by atoms with Gasteiger partial charge in [0.05, 0.1) is 12.6 Å². The fourth-order valence-electron chi connectivity index (χ4n) is 1.86. The molecule has 1 rings (SSSR count). The third kappa shape index (κ3) is 4.02. The molecule has 0 aromatic heterocycles. The summed E-state index contributed by atoms with van der Waals surface area (Å²) < 4.78 is 5.03. The van der Waals surface area contributed by atoms with Crippen molar-refractivity contribution in [1.29, 1.82) is 0 Å². The molecule has 92 valence electrons. The van der Waals surface area contributed by atoms with Gasteiger partial charge in [-0.3, -0.25) is 4.79 Å². The van der Waals surface area contributed by atoms with Crippen LogP contribution in [-0.2, 0) is 14.3 Å². The van der Waals surface area contributed by atoms with Gasteiger partial charge in [0.25, 0.3) is 0 Å². The monoisotopic (exact) mass is 247 g/mol. The Hall–Kier alpha value is -0.750. The lowest BCUT2D eigenvalue weighted by molar-refractivity contribution is -0.143. The zero-order valence-corrected chi connectivity index (χ0v) is 9.99. The van der Waals surface area contributed by atoms with Crippen molar-refractivity contribution in [2.75, 3.05) is 25.5 Å². The number of hydrogen-bond donors (Lipinski definition) is 2. The Bertz CT molecular complexity index is 259. The Balaban J connectivity index is 2.34. The van der Waals surface area contributed by atoms with Gasteiger partial charge in [-0.15, -0.1) is 0 Å². The van der Waals surface area contributed by atoms with Crippen LogP contribution < -0.4 is 0 Å². The quantitative estimate of drug-likeness (QED) is 0.667. The van der Waals surface area contributed by atoms with E-state index < -0.39 is 5.97 Å². The summed E-state index contributed by atoms with van der Waals surface area (Å²) in [6, 6.07) is 0.0340. The van der Waals surface area contributed by atoms with Crippen molar-refractivity contribution in [3.8, 4) is 0 Å². The van der Waals surface area contributed by atoms with E-state index in [-0.39, 0.29) is 18.6 Å². The summed E-state index contributed by atoms with van der Waals surface area (Å²) in [4.78, 5) is 23.7. The number of carbonyl (C=O) groups excluding carboxylic acids is 1. The molecule has 0 spiro atoms. The van der Waals surface area contributed by atoms with Crippen LogP contribution in [0, 0.1) is 0 Å². The highest BCUT2D eigenvalue weighted by molar-refractivity contribution is 7.80. The average molecular weight is 247 g/mol. The number of thiol groups is 1. The second-order valence-corrected chi connectivity index (χ2v) is 4.21. The van der Waals surface area contributed by atoms with Crippen LogP contribution in [0.4, 0.5) is 0 Å². The van der Waals surface area contributed by atoms with Gasteiger partial charge < -0.3 is 14.7 Å². The minimum atomic E-state index is -0.980. The standard InChI is InChI=1S/C10H17NO4S/c12-9(3-5-16)11-4-1-2-8(11)6-15-7-10(13)14/h8,16H,1-7H2,(H,13,14)/t8-/m1/s1. The van der Waals surface area contributed by atoms with E-state index in [1.54, 1.807) is 4.90 Å². The normalized spacial score (nSPS) is 20.1. The summed E-state index contributed by atoms with van der Waals surface area (Å²) >= 11 is 4.02. The first-order chi connectivity index (χ1) is 7.65. The number of ether oxygens (including phenoxy) is 1. The van der Waals surface area contributed by atoms with Crippen LogP contribution in [0.3, 0.4) is 0 Å². The Kier molecular flexibility index (Phi) is 5.62. The zero-order chi connectivity index (χ0) is 12.0. The maximum absolute atomic E-state index is 11.7. The fraction of sp³-hybridized carbons (Fsp3) is 0.800. The minimum absolute atomic E-state index is 0.0340. The maximum Gasteiger partial charge on any atom is 0.329 e. The van der Waals surface area contributed by atoms with E-state index in [1.165, 1.54) is 0 Å². The highest BCUT2D eigenvalue weighted by Gasteiger charge is 2.28. The van der Waals surface area contributed by atoms with Crippen molar-refractivity contribution in [2.45, 2.75) is 25.3 Å². The summed E-state index contributed by atoms with van der Waals surface area (Å²) in [5, 5.41) is 8.43. The summed E-state index contributed by atoms with van der Waals surface area (Å²) in [6.07, 6.45) is 2.27. The van der Waals surface area contributed by atoms with Gasteiger partial charge in [-0.25, -0.2) is 4.79 Å². The van der Waals surface area contributed by atoms with Crippen molar-refractivity contribution >= 4 is 24.5 Å². The van der Waals surface area contributed by atoms with Gasteiger partial charge in [-0.1, -0.05) is 0 Å². The number of nitrogens with zero attached hydrogens (tertiary/aromatic N) is 1. The molecule has 0 unspecified atom stereocenters. The Morgan fingerprint density at radius 3 is 2.88 bits per heavy atom. The molecule has 0 radical (unpaired) electrons. The molecule has 1 heterocycles. The van der Waals surface area contributed by atoms with Gasteiger partial charge in [0, 0.05) is 13.0 Å². The molecule has 0 saturated carbocycles. The molecule has 1 aliphatic heterocycles. The van der Waals surface area contributed by atoms with Crippen molar-refractivity contribution in [3.63, 3.8) is 0 Å². The lowest BCUT2D eigenvalue weighted by atomic mass is 10.2. The number of likely N-dealkylation sites (tertiary alicyclic amines) is 1. The molecule has 1 atom stereocenters. The topological polar surface area (TPSA) is 66.8 Å². The summed E-state index contributed by atoms with van der Waals surface area (Å²) in [5.41, 5.74) is 0. The molecule has 5 nitrogen and oxygen atoms in total. The summed E-state index contributed by atoms with van der Waals surface area (Å²) in [5.74, 6) is -0.361. The van der Waals surface area contributed by atoms with Crippen molar-refractivity contribution < 1.29 is 19.4 Å². The molecular weight excluding hydrogens is 230 g/mol. The Morgan fingerprint density at radius 2 is 2.25 bits per heavy atom. The first-order valence-corrected chi connectivity index (χ1v) is 5.98. The maximum atomic E-state index is 11.7. The SMILES string of the molecule is O=C(O)COC[C@H]1CCCN1C(=O)CCS. The third-order valence-corrected chi connectivity index (χ3v) is 2.78. The van der Waals surface area contributed by atoms with Crippen LogP contribution in [0.5, 0.6) is 0 Å². The van der Waals surface area contributed by atoms with Crippen LogP contribution in [-0.4, -0.2) is 53.4 Å². The Labute approximate surface area is 100 Å². The number of hydrogen-bond acceptors (Lipinski definition) is 4. The van der Waals surface area contributed by atoms with Gasteiger partial charge >= 0.3 is 5.97 Å². The summed E-state index contributed by atoms with van der Waals surface area (Å²) in [6.45, 7) is 0.753. The molecule has 6 heteroatoms. The van der Waals surface area contributed by atoms with Crippen LogP contribution in [0.2, 0.25) is 0 Å². The first kappa shape index (κ1) is 13.3. The van der Waals surface area contributed by atoms with Crippen LogP contribution in [0.25, 0.3) is 0 Å². The van der Waals surface area contributed by atoms with Crippen LogP contribution in [0.15, 0.2) is 0 Å². The van der Waals surface area contributed by atoms with E-state index >= 15 is 0 Å². The second kappa shape index (κ2) is 6.75. The molecule has 1 amide bonds. The molecule has 0 aromatic rings. The predicted octanol–water partition coefficient (Wildman–Crippen LogP) is 0.398. The zero-order valence-electron chi connectivity index (χ0n) is 9.09. The Morgan fingerprint density at radius 1 is 1.50 bits per heavy atom. The van der Waals surface area contributed by atoms with Crippen molar-refractivity contribution in [1.82, 2.24) is 4.90 Å². The van der Waals surface area contributed by atoms with E-state index in [9.17, 15) is 9.59 Å². The molecule has 0 aromatic carbocycles. The smallest absolute Gasteiger partial charge is 0.329 e. The fourth-order valence-corrected chi connectivity index (χ4v) is 2.05. The predicted molar refractivity (Wildman–Crippen MR) is 61.7 cm³/mol. The lowest BCUT2D eigenvalue weighted by Crippen LogP contribution is -2.38. The second-order valence-electron chi connectivity index (χ2n) is 3.77. The summed E-state index contributed by atoms with van der Waals surface area (Å²) in [7, 11) is 0. The highest BCUT2D eigenvalue weighted by atomic mass is 32.1. The largest absolute Gasteiger partial charge is 0.480 e. The van der Waals surface area contributed by atoms with Gasteiger partial charge in [0.2, 0.25) is 5.91 Å². The lowest BCUT2D eigenvalue weighted by Gasteiger charge is -2.24. The van der Waals surface area contributed by atoms with Crippen LogP contribution in [0.1, 0.15) is 19.3 Å². The van der Waals surface area contributed by atoms with E-state index in [2.05, 4.69) is 12.6 Å². The molecule has 1 fully saturated rings. The number of carbonyl (C=O) groups is 2. The van der Waals surface area contributed by atoms with Gasteiger partial charge in [-0.05, 0) is 18.6 Å². The molecule has 1 N–H and O–H groups in total. The van der Waals surface area contributed by atoms with Gasteiger partial charge in [-0.2, -0.15) is 12.6 Å².